The second-order valence-corrected chi connectivity index (χ2v) is 3.25. The number of carbonyl (C=O) groups excluding carboxylic acids is 1. The number of pyridine rings is 1. The van der Waals surface area contributed by atoms with Crippen LogP contribution in [0.1, 0.15) is 6.42 Å². The number of nitrogens with zero attached hydrogens (tertiary/aromatic N) is 2. The maximum atomic E-state index is 11.7. The van der Waals surface area contributed by atoms with Crippen molar-refractivity contribution in [2.45, 2.75) is 6.42 Å². The number of carbonyl (C=O) groups is 1. The van der Waals surface area contributed by atoms with Crippen molar-refractivity contribution in [1.82, 2.24) is 10.3 Å². The van der Waals surface area contributed by atoms with Gasteiger partial charge in [0.1, 0.15) is 0 Å². The van der Waals surface area contributed by atoms with Crippen molar-refractivity contribution in [2.75, 3.05) is 24.5 Å². The monoisotopic (exact) mass is 191 g/mol. The molecule has 1 aliphatic rings. The van der Waals surface area contributed by atoms with E-state index in [1.165, 1.54) is 0 Å². The zero-order valence-electron chi connectivity index (χ0n) is 7.94. The van der Waals surface area contributed by atoms with E-state index in [0.29, 0.717) is 6.42 Å². The molecule has 1 N–H and O–H groups in total. The van der Waals surface area contributed by atoms with Gasteiger partial charge in [-0.05, 0) is 12.1 Å². The first-order chi connectivity index (χ1) is 6.88. The lowest BCUT2D eigenvalue weighted by Gasteiger charge is -2.19. The van der Waals surface area contributed by atoms with Gasteiger partial charge in [0.15, 0.2) is 0 Å². The molecule has 0 atom stereocenters. The molecule has 1 fully saturated rings. The Kier molecular flexibility index (Phi) is 2.74. The summed E-state index contributed by atoms with van der Waals surface area (Å²) in [4.78, 5) is 17.4. The molecule has 1 aromatic rings. The average Bonchev–Trinajstić information content (AvgIpc) is 2.44. The lowest BCUT2D eigenvalue weighted by molar-refractivity contribution is -0.118. The molecule has 1 aliphatic heterocycles. The minimum atomic E-state index is 0.182. The zero-order valence-corrected chi connectivity index (χ0v) is 7.94. The third kappa shape index (κ3) is 1.90. The molecule has 1 aromatic heterocycles. The minimum absolute atomic E-state index is 0.182. The Hall–Kier alpha value is -1.42. The average molecular weight is 191 g/mol. The van der Waals surface area contributed by atoms with Crippen LogP contribution in [0, 0.1) is 0 Å². The summed E-state index contributed by atoms with van der Waals surface area (Å²) in [6, 6.07) is 3.73. The topological polar surface area (TPSA) is 45.2 Å². The molecular formula is C10H13N3O. The third-order valence-corrected chi connectivity index (χ3v) is 2.30. The van der Waals surface area contributed by atoms with Crippen molar-refractivity contribution >= 4 is 11.6 Å². The summed E-state index contributed by atoms with van der Waals surface area (Å²) in [6.45, 7) is 2.37. The van der Waals surface area contributed by atoms with E-state index in [9.17, 15) is 4.79 Å². The number of amides is 1. The van der Waals surface area contributed by atoms with Crippen LogP contribution < -0.4 is 10.2 Å². The summed E-state index contributed by atoms with van der Waals surface area (Å²) in [5, 5.41) is 3.20. The Morgan fingerprint density at radius 1 is 1.29 bits per heavy atom. The van der Waals surface area contributed by atoms with Gasteiger partial charge in [0.2, 0.25) is 5.91 Å². The Bertz CT molecular complexity index is 312. The highest BCUT2D eigenvalue weighted by atomic mass is 16.2. The Labute approximate surface area is 82.9 Å². The summed E-state index contributed by atoms with van der Waals surface area (Å²) in [6.07, 6.45) is 3.99. The molecule has 1 amide bonds. The molecule has 0 radical (unpaired) electrons. The Morgan fingerprint density at radius 2 is 2.07 bits per heavy atom. The van der Waals surface area contributed by atoms with E-state index < -0.39 is 0 Å². The molecule has 1 saturated heterocycles. The van der Waals surface area contributed by atoms with Gasteiger partial charge < -0.3 is 10.2 Å². The third-order valence-electron chi connectivity index (χ3n) is 2.30. The fourth-order valence-electron chi connectivity index (χ4n) is 1.57. The first kappa shape index (κ1) is 9.15. The lowest BCUT2D eigenvalue weighted by Crippen LogP contribution is -2.32. The number of rotatable bonds is 1. The largest absolute Gasteiger partial charge is 0.314 e. The molecule has 14 heavy (non-hydrogen) atoms. The highest BCUT2D eigenvalue weighted by Gasteiger charge is 2.17. The first-order valence-corrected chi connectivity index (χ1v) is 4.79. The first-order valence-electron chi connectivity index (χ1n) is 4.79. The van der Waals surface area contributed by atoms with Crippen LogP contribution in [-0.2, 0) is 4.79 Å². The lowest BCUT2D eigenvalue weighted by atomic mass is 10.3. The van der Waals surface area contributed by atoms with Gasteiger partial charge in [-0.2, -0.15) is 0 Å². The van der Waals surface area contributed by atoms with Gasteiger partial charge in [0, 0.05) is 44.1 Å². The normalized spacial score (nSPS) is 18.0. The molecule has 74 valence electrons. The van der Waals surface area contributed by atoms with Crippen LogP contribution in [0.15, 0.2) is 24.5 Å². The van der Waals surface area contributed by atoms with Crippen LogP contribution in [0.25, 0.3) is 0 Å². The smallest absolute Gasteiger partial charge is 0.228 e. The van der Waals surface area contributed by atoms with Crippen LogP contribution in [0.3, 0.4) is 0 Å². The maximum Gasteiger partial charge on any atom is 0.228 e. The summed E-state index contributed by atoms with van der Waals surface area (Å²) in [5.74, 6) is 0.182. The van der Waals surface area contributed by atoms with Gasteiger partial charge in [-0.1, -0.05) is 0 Å². The van der Waals surface area contributed by atoms with Crippen molar-refractivity contribution < 1.29 is 4.79 Å². The maximum absolute atomic E-state index is 11.7. The van der Waals surface area contributed by atoms with Crippen molar-refractivity contribution in [3.63, 3.8) is 0 Å². The van der Waals surface area contributed by atoms with Crippen molar-refractivity contribution in [3.05, 3.63) is 24.5 Å². The number of nitrogens with one attached hydrogen (secondary N) is 1. The second-order valence-electron chi connectivity index (χ2n) is 3.25. The molecule has 2 rings (SSSR count). The molecule has 0 unspecified atom stereocenters. The number of hydrogen-bond acceptors (Lipinski definition) is 3. The predicted molar refractivity (Wildman–Crippen MR) is 54.1 cm³/mol. The van der Waals surface area contributed by atoms with E-state index in [1.54, 1.807) is 12.4 Å². The number of hydrogen-bond donors (Lipinski definition) is 1. The molecule has 0 aliphatic carbocycles. The summed E-state index contributed by atoms with van der Waals surface area (Å²) < 4.78 is 0. The standard InChI is InChI=1S/C10H13N3O/c14-10-3-6-12-7-8-13(10)9-1-4-11-5-2-9/h1-2,4-5,12H,3,6-8H2. The second kappa shape index (κ2) is 4.19. The molecule has 0 aromatic carbocycles. The van der Waals surface area contributed by atoms with Gasteiger partial charge in [-0.15, -0.1) is 0 Å². The molecule has 0 bridgehead atoms. The highest BCUT2D eigenvalue weighted by molar-refractivity contribution is 5.93. The molecular weight excluding hydrogens is 178 g/mol. The van der Waals surface area contributed by atoms with Gasteiger partial charge in [-0.3, -0.25) is 9.78 Å². The van der Waals surface area contributed by atoms with Crippen LogP contribution in [0.5, 0.6) is 0 Å². The Balaban J connectivity index is 2.19. The fraction of sp³-hybridized carbons (Fsp3) is 0.400. The SMILES string of the molecule is O=C1CCNCCN1c1ccncc1. The van der Waals surface area contributed by atoms with Gasteiger partial charge in [0.25, 0.3) is 0 Å². The Morgan fingerprint density at radius 3 is 2.86 bits per heavy atom. The number of anilines is 1. The summed E-state index contributed by atoms with van der Waals surface area (Å²) in [7, 11) is 0. The van der Waals surface area contributed by atoms with Crippen molar-refractivity contribution in [2.24, 2.45) is 0 Å². The summed E-state index contributed by atoms with van der Waals surface area (Å²) >= 11 is 0. The predicted octanol–water partition coefficient (Wildman–Crippen LogP) is 0.408. The van der Waals surface area contributed by atoms with Crippen LogP contribution in [0.2, 0.25) is 0 Å². The highest BCUT2D eigenvalue weighted by Crippen LogP contribution is 2.13. The van der Waals surface area contributed by atoms with Gasteiger partial charge in [-0.25, -0.2) is 0 Å². The van der Waals surface area contributed by atoms with Gasteiger partial charge in [0.05, 0.1) is 0 Å². The van der Waals surface area contributed by atoms with E-state index >= 15 is 0 Å². The van der Waals surface area contributed by atoms with E-state index in [0.717, 1.165) is 25.3 Å². The number of aromatic nitrogens is 1. The molecule has 4 heteroatoms. The van der Waals surface area contributed by atoms with E-state index in [1.807, 2.05) is 17.0 Å². The van der Waals surface area contributed by atoms with Crippen LogP contribution >= 0.6 is 0 Å². The molecule has 0 saturated carbocycles. The van der Waals surface area contributed by atoms with Crippen molar-refractivity contribution in [3.8, 4) is 0 Å². The van der Waals surface area contributed by atoms with E-state index in [-0.39, 0.29) is 5.91 Å². The minimum Gasteiger partial charge on any atom is -0.314 e. The fourth-order valence-corrected chi connectivity index (χ4v) is 1.57. The van der Waals surface area contributed by atoms with Crippen molar-refractivity contribution in [1.29, 1.82) is 0 Å². The van der Waals surface area contributed by atoms with Gasteiger partial charge >= 0.3 is 0 Å². The quantitative estimate of drug-likeness (QED) is 0.699. The molecule has 2 heterocycles. The van der Waals surface area contributed by atoms with Crippen LogP contribution in [0.4, 0.5) is 5.69 Å². The zero-order chi connectivity index (χ0) is 9.80. The van der Waals surface area contributed by atoms with Crippen LogP contribution in [-0.4, -0.2) is 30.5 Å². The van der Waals surface area contributed by atoms with E-state index in [2.05, 4.69) is 10.3 Å². The molecule has 0 spiro atoms. The molecule has 4 nitrogen and oxygen atoms in total. The van der Waals surface area contributed by atoms with E-state index in [4.69, 9.17) is 0 Å². The summed E-state index contributed by atoms with van der Waals surface area (Å²) in [5.41, 5.74) is 0.939.